The zero-order valence-electron chi connectivity index (χ0n) is 16.5. The third-order valence-corrected chi connectivity index (χ3v) is 5.04. The molecule has 6 nitrogen and oxygen atoms in total. The molecule has 0 saturated heterocycles. The largest absolute Gasteiger partial charge is 0.442 e. The lowest BCUT2D eigenvalue weighted by molar-refractivity contribution is 0.102. The lowest BCUT2D eigenvalue weighted by Crippen LogP contribution is -2.23. The zero-order valence-corrected chi connectivity index (χ0v) is 16.5. The van der Waals surface area contributed by atoms with E-state index in [1.54, 1.807) is 6.92 Å². The molecule has 4 rings (SSSR count). The molecule has 146 valence electrons. The van der Waals surface area contributed by atoms with Gasteiger partial charge in [-0.05, 0) is 49.6 Å². The van der Waals surface area contributed by atoms with E-state index in [-0.39, 0.29) is 28.1 Å². The highest BCUT2D eigenvalue weighted by Gasteiger charge is 2.23. The van der Waals surface area contributed by atoms with Crippen molar-refractivity contribution < 1.29 is 9.21 Å². The Morgan fingerprint density at radius 2 is 1.83 bits per heavy atom. The highest BCUT2D eigenvalue weighted by atomic mass is 16.3. The molecule has 29 heavy (non-hydrogen) atoms. The van der Waals surface area contributed by atoms with Crippen LogP contribution in [0, 0.1) is 20.8 Å². The van der Waals surface area contributed by atoms with Crippen molar-refractivity contribution in [3.05, 3.63) is 93.2 Å². The van der Waals surface area contributed by atoms with Crippen LogP contribution in [0.3, 0.4) is 0 Å². The van der Waals surface area contributed by atoms with Gasteiger partial charge in [-0.15, -0.1) is 0 Å². The standard InChI is InChI=1S/C23H21N3O3/c1-14-9-10-18(11-15(14)2)25-21(27)19-16(3)29-22-20(19)23(28)26(13-24-22)12-17-7-5-4-6-8-17/h4-11,13H,12H2,1-3H3,(H,25,27). The van der Waals surface area contributed by atoms with E-state index >= 15 is 0 Å². The van der Waals surface area contributed by atoms with Crippen LogP contribution in [-0.2, 0) is 6.54 Å². The molecule has 2 aromatic carbocycles. The fourth-order valence-corrected chi connectivity index (χ4v) is 3.32. The lowest BCUT2D eigenvalue weighted by Gasteiger charge is -2.08. The number of hydrogen-bond donors (Lipinski definition) is 1. The van der Waals surface area contributed by atoms with Crippen LogP contribution < -0.4 is 10.9 Å². The van der Waals surface area contributed by atoms with Crippen LogP contribution in [0.1, 0.15) is 32.8 Å². The van der Waals surface area contributed by atoms with Crippen molar-refractivity contribution in [2.45, 2.75) is 27.3 Å². The molecule has 0 aliphatic heterocycles. The molecule has 0 saturated carbocycles. The number of anilines is 1. The summed E-state index contributed by atoms with van der Waals surface area (Å²) in [5, 5.41) is 3.06. The SMILES string of the molecule is Cc1ccc(NC(=O)c2c(C)oc3ncn(Cc4ccccc4)c(=O)c23)cc1C. The van der Waals surface area contributed by atoms with Gasteiger partial charge in [0, 0.05) is 5.69 Å². The van der Waals surface area contributed by atoms with Crippen molar-refractivity contribution in [3.8, 4) is 0 Å². The molecule has 0 atom stereocenters. The predicted octanol–water partition coefficient (Wildman–Crippen LogP) is 4.22. The minimum absolute atomic E-state index is 0.169. The summed E-state index contributed by atoms with van der Waals surface area (Å²) in [4.78, 5) is 30.3. The Morgan fingerprint density at radius 1 is 1.07 bits per heavy atom. The number of amides is 1. The summed E-state index contributed by atoms with van der Waals surface area (Å²) in [6, 6.07) is 15.3. The van der Waals surface area contributed by atoms with E-state index in [4.69, 9.17) is 4.42 Å². The van der Waals surface area contributed by atoms with Gasteiger partial charge in [0.25, 0.3) is 11.5 Å². The second-order valence-electron chi connectivity index (χ2n) is 7.13. The van der Waals surface area contributed by atoms with E-state index in [1.165, 1.54) is 10.9 Å². The number of aromatic nitrogens is 2. The third kappa shape index (κ3) is 3.57. The first-order chi connectivity index (χ1) is 13.9. The highest BCUT2D eigenvalue weighted by molar-refractivity contribution is 6.12. The molecule has 1 amide bonds. The van der Waals surface area contributed by atoms with Crippen molar-refractivity contribution in [2.24, 2.45) is 0 Å². The average Bonchev–Trinajstić information content (AvgIpc) is 3.05. The molecular formula is C23H21N3O3. The maximum atomic E-state index is 13.1. The van der Waals surface area contributed by atoms with Crippen LogP contribution in [0.2, 0.25) is 0 Å². The van der Waals surface area contributed by atoms with Gasteiger partial charge in [-0.3, -0.25) is 14.2 Å². The third-order valence-electron chi connectivity index (χ3n) is 5.04. The smallest absolute Gasteiger partial charge is 0.265 e. The Kier molecular flexibility index (Phi) is 4.76. The Morgan fingerprint density at radius 3 is 2.55 bits per heavy atom. The van der Waals surface area contributed by atoms with Gasteiger partial charge in [-0.1, -0.05) is 36.4 Å². The summed E-state index contributed by atoms with van der Waals surface area (Å²) < 4.78 is 7.09. The summed E-state index contributed by atoms with van der Waals surface area (Å²) in [5.41, 5.74) is 3.93. The quantitative estimate of drug-likeness (QED) is 0.569. The number of benzene rings is 2. The van der Waals surface area contributed by atoms with Gasteiger partial charge in [0.2, 0.25) is 5.71 Å². The van der Waals surface area contributed by atoms with Crippen molar-refractivity contribution in [1.82, 2.24) is 9.55 Å². The van der Waals surface area contributed by atoms with Crippen LogP contribution in [-0.4, -0.2) is 15.5 Å². The number of aryl methyl sites for hydroxylation is 3. The van der Waals surface area contributed by atoms with E-state index < -0.39 is 0 Å². The van der Waals surface area contributed by atoms with Crippen molar-refractivity contribution in [3.63, 3.8) is 0 Å². The monoisotopic (exact) mass is 387 g/mol. The summed E-state index contributed by atoms with van der Waals surface area (Å²) in [6.07, 6.45) is 1.45. The molecule has 0 fully saturated rings. The molecule has 0 bridgehead atoms. The second-order valence-corrected chi connectivity index (χ2v) is 7.13. The summed E-state index contributed by atoms with van der Waals surface area (Å²) in [6.45, 7) is 6.02. The Balaban J connectivity index is 1.74. The van der Waals surface area contributed by atoms with Gasteiger partial charge in [-0.25, -0.2) is 4.98 Å². The topological polar surface area (TPSA) is 77.1 Å². The first kappa shape index (κ1) is 18.7. The molecule has 0 aliphatic rings. The van der Waals surface area contributed by atoms with Gasteiger partial charge in [0.05, 0.1) is 12.1 Å². The first-order valence-corrected chi connectivity index (χ1v) is 9.35. The molecule has 0 aliphatic carbocycles. The lowest BCUT2D eigenvalue weighted by atomic mass is 10.1. The number of nitrogens with one attached hydrogen (secondary N) is 1. The van der Waals surface area contributed by atoms with Gasteiger partial charge in [-0.2, -0.15) is 0 Å². The number of nitrogens with zero attached hydrogens (tertiary/aromatic N) is 2. The van der Waals surface area contributed by atoms with Crippen LogP contribution in [0.4, 0.5) is 5.69 Å². The summed E-state index contributed by atoms with van der Waals surface area (Å²) in [5.74, 6) is -0.0238. The molecule has 2 heterocycles. The average molecular weight is 387 g/mol. The number of carbonyl (C=O) groups excluding carboxylic acids is 1. The van der Waals surface area contributed by atoms with Gasteiger partial charge in [0.1, 0.15) is 17.5 Å². The molecule has 0 spiro atoms. The second kappa shape index (κ2) is 7.39. The minimum Gasteiger partial charge on any atom is -0.442 e. The fraction of sp³-hybridized carbons (Fsp3) is 0.174. The fourth-order valence-electron chi connectivity index (χ4n) is 3.32. The van der Waals surface area contributed by atoms with Gasteiger partial charge in [0.15, 0.2) is 0 Å². The Bertz CT molecular complexity index is 1270. The number of carbonyl (C=O) groups is 1. The normalized spacial score (nSPS) is 11.0. The number of rotatable bonds is 4. The number of furan rings is 1. The van der Waals surface area contributed by atoms with E-state index in [2.05, 4.69) is 10.3 Å². The van der Waals surface area contributed by atoms with Crippen LogP contribution in [0.25, 0.3) is 11.1 Å². The summed E-state index contributed by atoms with van der Waals surface area (Å²) in [7, 11) is 0. The molecular weight excluding hydrogens is 366 g/mol. The van der Waals surface area contributed by atoms with E-state index in [1.807, 2.05) is 62.4 Å². The molecule has 6 heteroatoms. The maximum absolute atomic E-state index is 13.1. The first-order valence-electron chi connectivity index (χ1n) is 9.35. The molecule has 2 aromatic heterocycles. The highest BCUT2D eigenvalue weighted by Crippen LogP contribution is 2.23. The zero-order chi connectivity index (χ0) is 20.5. The van der Waals surface area contributed by atoms with E-state index in [0.717, 1.165) is 16.7 Å². The number of hydrogen-bond acceptors (Lipinski definition) is 4. The van der Waals surface area contributed by atoms with Crippen molar-refractivity contribution in [1.29, 1.82) is 0 Å². The van der Waals surface area contributed by atoms with Crippen molar-refractivity contribution >= 4 is 22.7 Å². The van der Waals surface area contributed by atoms with Gasteiger partial charge < -0.3 is 9.73 Å². The van der Waals surface area contributed by atoms with Crippen LogP contribution >= 0.6 is 0 Å². The number of fused-ring (bicyclic) bond motifs is 1. The maximum Gasteiger partial charge on any atom is 0.265 e. The molecule has 0 radical (unpaired) electrons. The molecule has 1 N–H and O–H groups in total. The Hall–Kier alpha value is -3.67. The predicted molar refractivity (Wildman–Crippen MR) is 112 cm³/mol. The van der Waals surface area contributed by atoms with E-state index in [0.29, 0.717) is 18.0 Å². The van der Waals surface area contributed by atoms with Crippen LogP contribution in [0.15, 0.2) is 64.1 Å². The molecule has 4 aromatic rings. The van der Waals surface area contributed by atoms with Crippen LogP contribution in [0.5, 0.6) is 0 Å². The van der Waals surface area contributed by atoms with E-state index in [9.17, 15) is 9.59 Å². The summed E-state index contributed by atoms with van der Waals surface area (Å²) >= 11 is 0. The van der Waals surface area contributed by atoms with Crippen molar-refractivity contribution in [2.75, 3.05) is 5.32 Å². The van der Waals surface area contributed by atoms with Gasteiger partial charge >= 0.3 is 0 Å². The molecule has 0 unspecified atom stereocenters. The Labute approximate surface area is 167 Å². The minimum atomic E-state index is -0.388.